The first-order valence-corrected chi connectivity index (χ1v) is 6.37. The molecule has 0 atom stereocenters. The molecule has 5 nitrogen and oxygen atoms in total. The van der Waals surface area contributed by atoms with E-state index in [-0.39, 0.29) is 5.91 Å². The zero-order chi connectivity index (χ0) is 13.2. The molecule has 0 saturated heterocycles. The van der Waals surface area contributed by atoms with Crippen molar-refractivity contribution in [2.45, 2.75) is 13.5 Å². The summed E-state index contributed by atoms with van der Waals surface area (Å²) in [7, 11) is 0. The number of carbonyl (C=O) groups is 1. The highest BCUT2D eigenvalue weighted by molar-refractivity contribution is 6.02. The van der Waals surface area contributed by atoms with Crippen molar-refractivity contribution in [3.63, 3.8) is 0 Å². The zero-order valence-electron chi connectivity index (χ0n) is 10.8. The van der Waals surface area contributed by atoms with E-state index in [2.05, 4.69) is 14.9 Å². The third-order valence-corrected chi connectivity index (χ3v) is 3.41. The Hall–Kier alpha value is -2.30. The van der Waals surface area contributed by atoms with E-state index in [1.165, 1.54) is 0 Å². The number of nitrogens with one attached hydrogen (secondary N) is 1. The zero-order valence-corrected chi connectivity index (χ0v) is 10.8. The van der Waals surface area contributed by atoms with Gasteiger partial charge in [-0.3, -0.25) is 4.79 Å². The molecule has 0 saturated carbocycles. The Morgan fingerprint density at radius 3 is 2.95 bits per heavy atom. The van der Waals surface area contributed by atoms with Crippen molar-refractivity contribution in [3.05, 3.63) is 42.5 Å². The molecule has 0 unspecified atom stereocenters. The van der Waals surface area contributed by atoms with Gasteiger partial charge in [0.15, 0.2) is 0 Å². The molecule has 3 rings (SSSR count). The molecule has 19 heavy (non-hydrogen) atoms. The number of amides is 1. The fourth-order valence-electron chi connectivity index (χ4n) is 2.35. The van der Waals surface area contributed by atoms with Crippen molar-refractivity contribution in [1.29, 1.82) is 0 Å². The van der Waals surface area contributed by atoms with E-state index in [0.29, 0.717) is 13.1 Å². The number of rotatable bonds is 3. The normalized spacial score (nSPS) is 14.2. The number of carbonyl (C=O) groups excluding carboxylic acids is 1. The SMILES string of the molecule is Cc1nccn1CCN1C(=O)CNc2ccccc21. The van der Waals surface area contributed by atoms with E-state index in [1.54, 1.807) is 6.20 Å². The maximum Gasteiger partial charge on any atom is 0.246 e. The highest BCUT2D eigenvalue weighted by atomic mass is 16.2. The Labute approximate surface area is 111 Å². The molecule has 0 radical (unpaired) electrons. The molecular formula is C14H16N4O. The van der Waals surface area contributed by atoms with Gasteiger partial charge in [0.1, 0.15) is 5.82 Å². The molecule has 5 heteroatoms. The van der Waals surface area contributed by atoms with Gasteiger partial charge in [0.25, 0.3) is 0 Å². The number of hydrogen-bond acceptors (Lipinski definition) is 3. The third kappa shape index (κ3) is 2.19. The summed E-state index contributed by atoms with van der Waals surface area (Å²) in [5, 5.41) is 3.14. The predicted molar refractivity (Wildman–Crippen MR) is 74.2 cm³/mol. The number of nitrogens with zero attached hydrogens (tertiary/aromatic N) is 3. The predicted octanol–water partition coefficient (Wildman–Crippen LogP) is 1.65. The second kappa shape index (κ2) is 4.76. The summed E-state index contributed by atoms with van der Waals surface area (Å²) in [6, 6.07) is 7.89. The van der Waals surface area contributed by atoms with Gasteiger partial charge >= 0.3 is 0 Å². The van der Waals surface area contributed by atoms with Crippen LogP contribution in [0.2, 0.25) is 0 Å². The Bertz CT molecular complexity index is 605. The van der Waals surface area contributed by atoms with Gasteiger partial charge in [-0.15, -0.1) is 0 Å². The minimum atomic E-state index is 0.108. The number of hydrogen-bond donors (Lipinski definition) is 1. The maximum atomic E-state index is 12.0. The van der Waals surface area contributed by atoms with Crippen molar-refractivity contribution in [3.8, 4) is 0 Å². The van der Waals surface area contributed by atoms with Crippen LogP contribution in [0.5, 0.6) is 0 Å². The molecule has 1 aliphatic heterocycles. The second-order valence-corrected chi connectivity index (χ2v) is 4.58. The van der Waals surface area contributed by atoms with Gasteiger partial charge in [-0.2, -0.15) is 0 Å². The molecule has 2 aromatic rings. The monoisotopic (exact) mass is 256 g/mol. The molecule has 0 spiro atoms. The van der Waals surface area contributed by atoms with Gasteiger partial charge in [0.05, 0.1) is 17.9 Å². The van der Waals surface area contributed by atoms with E-state index < -0.39 is 0 Å². The number of benzene rings is 1. The maximum absolute atomic E-state index is 12.0. The van der Waals surface area contributed by atoms with Gasteiger partial charge in [-0.1, -0.05) is 12.1 Å². The fraction of sp³-hybridized carbons (Fsp3) is 0.286. The lowest BCUT2D eigenvalue weighted by Crippen LogP contribution is -2.41. The van der Waals surface area contributed by atoms with Crippen LogP contribution in [0.3, 0.4) is 0 Å². The van der Waals surface area contributed by atoms with Gasteiger partial charge in [0.2, 0.25) is 5.91 Å². The van der Waals surface area contributed by atoms with Crippen molar-refractivity contribution >= 4 is 17.3 Å². The van der Waals surface area contributed by atoms with Crippen molar-refractivity contribution in [1.82, 2.24) is 9.55 Å². The van der Waals surface area contributed by atoms with Crippen molar-refractivity contribution in [2.75, 3.05) is 23.3 Å². The van der Waals surface area contributed by atoms with Crippen LogP contribution < -0.4 is 10.2 Å². The first-order valence-electron chi connectivity index (χ1n) is 6.37. The summed E-state index contributed by atoms with van der Waals surface area (Å²) in [5.41, 5.74) is 1.97. The number of aromatic nitrogens is 2. The molecule has 1 amide bonds. The van der Waals surface area contributed by atoms with Crippen molar-refractivity contribution in [2.24, 2.45) is 0 Å². The van der Waals surface area contributed by atoms with Crippen LogP contribution in [0.1, 0.15) is 5.82 Å². The Morgan fingerprint density at radius 2 is 2.16 bits per heavy atom. The lowest BCUT2D eigenvalue weighted by atomic mass is 10.2. The minimum absolute atomic E-state index is 0.108. The number of aryl methyl sites for hydroxylation is 1. The van der Waals surface area contributed by atoms with Crippen LogP contribution in [0, 0.1) is 6.92 Å². The average molecular weight is 256 g/mol. The van der Waals surface area contributed by atoms with Crippen LogP contribution in [0.15, 0.2) is 36.7 Å². The van der Waals surface area contributed by atoms with E-state index in [1.807, 2.05) is 42.3 Å². The summed E-state index contributed by atoms with van der Waals surface area (Å²) in [6.45, 7) is 3.74. The Balaban J connectivity index is 1.80. The molecule has 0 aliphatic carbocycles. The minimum Gasteiger partial charge on any atom is -0.374 e. The highest BCUT2D eigenvalue weighted by Gasteiger charge is 2.22. The highest BCUT2D eigenvalue weighted by Crippen LogP contribution is 2.28. The molecule has 0 bridgehead atoms. The lowest BCUT2D eigenvalue weighted by Gasteiger charge is -2.30. The molecule has 1 N–H and O–H groups in total. The van der Waals surface area contributed by atoms with E-state index in [9.17, 15) is 4.79 Å². The van der Waals surface area contributed by atoms with Gasteiger partial charge in [-0.05, 0) is 19.1 Å². The largest absolute Gasteiger partial charge is 0.374 e. The number of anilines is 2. The molecule has 98 valence electrons. The molecule has 0 fully saturated rings. The molecule has 1 aromatic carbocycles. The summed E-state index contributed by atoms with van der Waals surface area (Å²) >= 11 is 0. The number of imidazole rings is 1. The summed E-state index contributed by atoms with van der Waals surface area (Å²) in [6.07, 6.45) is 3.72. The molecule has 1 aliphatic rings. The van der Waals surface area contributed by atoms with Gasteiger partial charge in [-0.25, -0.2) is 4.98 Å². The number of fused-ring (bicyclic) bond motifs is 1. The number of para-hydroxylation sites is 2. The van der Waals surface area contributed by atoms with E-state index >= 15 is 0 Å². The van der Waals surface area contributed by atoms with Crippen LogP contribution in [0.25, 0.3) is 0 Å². The molecule has 1 aromatic heterocycles. The summed E-state index contributed by atoms with van der Waals surface area (Å²) in [4.78, 5) is 18.1. The quantitative estimate of drug-likeness (QED) is 0.908. The standard InChI is InChI=1S/C14H16N4O/c1-11-15-6-7-17(11)8-9-18-13-5-3-2-4-12(13)16-10-14(18)19/h2-7,16H,8-10H2,1H3. The summed E-state index contributed by atoms with van der Waals surface area (Å²) < 4.78 is 2.05. The van der Waals surface area contributed by atoms with Gasteiger partial charge < -0.3 is 14.8 Å². The molecular weight excluding hydrogens is 240 g/mol. The Kier molecular flexibility index (Phi) is 2.95. The van der Waals surface area contributed by atoms with Crippen LogP contribution >= 0.6 is 0 Å². The second-order valence-electron chi connectivity index (χ2n) is 4.58. The van der Waals surface area contributed by atoms with Crippen LogP contribution in [-0.4, -0.2) is 28.5 Å². The van der Waals surface area contributed by atoms with E-state index in [4.69, 9.17) is 0 Å². The first kappa shape index (κ1) is 11.8. The van der Waals surface area contributed by atoms with Crippen LogP contribution in [-0.2, 0) is 11.3 Å². The topological polar surface area (TPSA) is 50.2 Å². The van der Waals surface area contributed by atoms with Crippen molar-refractivity contribution < 1.29 is 4.79 Å². The Morgan fingerprint density at radius 1 is 1.32 bits per heavy atom. The van der Waals surface area contributed by atoms with Crippen LogP contribution in [0.4, 0.5) is 11.4 Å². The average Bonchev–Trinajstić information content (AvgIpc) is 2.83. The lowest BCUT2D eigenvalue weighted by molar-refractivity contribution is -0.117. The molecule has 2 heterocycles. The van der Waals surface area contributed by atoms with E-state index in [0.717, 1.165) is 23.7 Å². The summed E-state index contributed by atoms with van der Waals surface area (Å²) in [5.74, 6) is 1.08. The first-order chi connectivity index (χ1) is 9.25. The smallest absolute Gasteiger partial charge is 0.246 e. The fourth-order valence-corrected chi connectivity index (χ4v) is 2.35. The van der Waals surface area contributed by atoms with Gasteiger partial charge in [0, 0.05) is 25.5 Å². The third-order valence-electron chi connectivity index (χ3n) is 3.41.